The van der Waals surface area contributed by atoms with Crippen LogP contribution in [0.15, 0.2) is 65.7 Å². The van der Waals surface area contributed by atoms with Crippen molar-refractivity contribution >= 4 is 23.2 Å². The van der Waals surface area contributed by atoms with Gasteiger partial charge in [0.15, 0.2) is 0 Å². The second kappa shape index (κ2) is 8.45. The van der Waals surface area contributed by atoms with E-state index in [1.165, 1.54) is 10.7 Å². The molecule has 1 aliphatic heterocycles. The average molecular weight is 410 g/mol. The Morgan fingerprint density at radius 2 is 1.76 bits per heavy atom. The summed E-state index contributed by atoms with van der Waals surface area (Å²) >= 11 is 5.95. The Morgan fingerprint density at radius 3 is 2.45 bits per heavy atom. The Hall–Kier alpha value is -3.19. The minimum atomic E-state index is -0.300. The molecule has 2 aromatic heterocycles. The largest absolute Gasteiger partial charge is 0.368 e. The van der Waals surface area contributed by atoms with Crippen LogP contribution in [0.3, 0.4) is 0 Å². The van der Waals surface area contributed by atoms with Crippen molar-refractivity contribution in [2.24, 2.45) is 0 Å². The van der Waals surface area contributed by atoms with Gasteiger partial charge in [0, 0.05) is 60.9 Å². The van der Waals surface area contributed by atoms with Crippen LogP contribution in [0.5, 0.6) is 0 Å². The molecule has 3 aromatic rings. The van der Waals surface area contributed by atoms with Gasteiger partial charge in [-0.1, -0.05) is 11.6 Å². The lowest BCUT2D eigenvalue weighted by Crippen LogP contribution is -2.50. The number of aromatic nitrogens is 3. The number of pyridine rings is 1. The number of nitrogens with zero attached hydrogens (tertiary/aromatic N) is 5. The van der Waals surface area contributed by atoms with Crippen LogP contribution in [0.1, 0.15) is 0 Å². The van der Waals surface area contributed by atoms with E-state index in [1.54, 1.807) is 29.4 Å². The molecule has 1 fully saturated rings. The summed E-state index contributed by atoms with van der Waals surface area (Å²) in [4.78, 5) is 33.0. The van der Waals surface area contributed by atoms with E-state index in [9.17, 15) is 9.59 Å². The van der Waals surface area contributed by atoms with Gasteiger partial charge in [-0.3, -0.25) is 14.6 Å². The average Bonchev–Trinajstić information content (AvgIpc) is 2.76. The fourth-order valence-corrected chi connectivity index (χ4v) is 3.45. The van der Waals surface area contributed by atoms with Crippen molar-refractivity contribution in [1.29, 1.82) is 0 Å². The molecule has 1 saturated heterocycles. The number of rotatable bonds is 4. The van der Waals surface area contributed by atoms with Crippen LogP contribution in [-0.4, -0.2) is 51.8 Å². The third-order valence-corrected chi connectivity index (χ3v) is 5.19. The number of halogens is 1. The lowest BCUT2D eigenvalue weighted by Gasteiger charge is -2.36. The smallest absolute Gasteiger partial charge is 0.267 e. The first-order valence-corrected chi connectivity index (χ1v) is 9.75. The SMILES string of the molecule is O=C(Cn1nc(-c2cccnc2)ccc1=O)N1CCN(c2ccc(Cl)cc2)CC1. The van der Waals surface area contributed by atoms with Crippen molar-refractivity contribution < 1.29 is 4.79 Å². The van der Waals surface area contributed by atoms with E-state index in [4.69, 9.17) is 11.6 Å². The first kappa shape index (κ1) is 19.1. The van der Waals surface area contributed by atoms with Crippen LogP contribution in [0.4, 0.5) is 5.69 Å². The van der Waals surface area contributed by atoms with Gasteiger partial charge in [-0.15, -0.1) is 0 Å². The summed E-state index contributed by atoms with van der Waals surface area (Å²) < 4.78 is 1.22. The van der Waals surface area contributed by atoms with Crippen LogP contribution < -0.4 is 10.5 Å². The van der Waals surface area contributed by atoms with Crippen molar-refractivity contribution in [3.8, 4) is 11.3 Å². The molecular weight excluding hydrogens is 390 g/mol. The quantitative estimate of drug-likeness (QED) is 0.661. The molecule has 0 saturated carbocycles. The van der Waals surface area contributed by atoms with Crippen molar-refractivity contribution in [2.75, 3.05) is 31.1 Å². The lowest BCUT2D eigenvalue weighted by molar-refractivity contribution is -0.132. The molecule has 0 atom stereocenters. The van der Waals surface area contributed by atoms with Gasteiger partial charge in [-0.05, 0) is 42.5 Å². The third kappa shape index (κ3) is 4.46. The summed E-state index contributed by atoms with van der Waals surface area (Å²) in [7, 11) is 0. The van der Waals surface area contributed by atoms with Crippen LogP contribution >= 0.6 is 11.6 Å². The number of hydrogen-bond donors (Lipinski definition) is 0. The zero-order valence-electron chi connectivity index (χ0n) is 15.7. The Balaban J connectivity index is 1.41. The first-order chi connectivity index (χ1) is 14.1. The molecule has 1 amide bonds. The number of hydrogen-bond acceptors (Lipinski definition) is 5. The van der Waals surface area contributed by atoms with Gasteiger partial charge >= 0.3 is 0 Å². The number of carbonyl (C=O) groups is 1. The molecule has 4 rings (SSSR count). The van der Waals surface area contributed by atoms with Crippen molar-refractivity contribution in [1.82, 2.24) is 19.7 Å². The monoisotopic (exact) mass is 409 g/mol. The molecule has 0 aliphatic carbocycles. The van der Waals surface area contributed by atoms with Gasteiger partial charge in [0.2, 0.25) is 5.91 Å². The fraction of sp³-hybridized carbons (Fsp3) is 0.238. The summed E-state index contributed by atoms with van der Waals surface area (Å²) in [5.41, 5.74) is 2.19. The highest BCUT2D eigenvalue weighted by Gasteiger charge is 2.22. The van der Waals surface area contributed by atoms with Crippen LogP contribution in [0, 0.1) is 0 Å². The summed E-state index contributed by atoms with van der Waals surface area (Å²) in [5.74, 6) is -0.112. The summed E-state index contributed by atoms with van der Waals surface area (Å²) in [6.07, 6.45) is 3.35. The van der Waals surface area contributed by atoms with E-state index >= 15 is 0 Å². The molecular formula is C21H20ClN5O2. The summed E-state index contributed by atoms with van der Waals surface area (Å²) in [6.45, 7) is 2.57. The van der Waals surface area contributed by atoms with E-state index in [2.05, 4.69) is 15.0 Å². The Morgan fingerprint density at radius 1 is 1.00 bits per heavy atom. The fourth-order valence-electron chi connectivity index (χ4n) is 3.32. The van der Waals surface area contributed by atoms with Crippen molar-refractivity contribution in [3.05, 3.63) is 76.3 Å². The molecule has 7 nitrogen and oxygen atoms in total. The molecule has 8 heteroatoms. The maximum absolute atomic E-state index is 12.7. The first-order valence-electron chi connectivity index (χ1n) is 9.37. The van der Waals surface area contributed by atoms with E-state index in [1.807, 2.05) is 30.3 Å². The van der Waals surface area contributed by atoms with Crippen LogP contribution in [0.2, 0.25) is 5.02 Å². The molecule has 0 radical (unpaired) electrons. The Bertz CT molecular complexity index is 1040. The van der Waals surface area contributed by atoms with Gasteiger partial charge in [-0.2, -0.15) is 5.10 Å². The summed E-state index contributed by atoms with van der Waals surface area (Å²) in [5, 5.41) is 5.04. The number of amides is 1. The van der Waals surface area contributed by atoms with Gasteiger partial charge < -0.3 is 9.80 Å². The van der Waals surface area contributed by atoms with Crippen LogP contribution in [-0.2, 0) is 11.3 Å². The Labute approximate surface area is 173 Å². The van der Waals surface area contributed by atoms with Gasteiger partial charge in [0.25, 0.3) is 5.56 Å². The maximum Gasteiger partial charge on any atom is 0.267 e. The molecule has 1 aliphatic rings. The van der Waals surface area contributed by atoms with E-state index in [0.717, 1.165) is 24.3 Å². The molecule has 0 unspecified atom stereocenters. The van der Waals surface area contributed by atoms with E-state index < -0.39 is 0 Å². The molecule has 3 heterocycles. The minimum absolute atomic E-state index is 0.0755. The molecule has 0 bridgehead atoms. The molecule has 0 N–H and O–H groups in total. The molecule has 1 aromatic carbocycles. The van der Waals surface area contributed by atoms with Gasteiger partial charge in [0.05, 0.1) is 5.69 Å². The van der Waals surface area contributed by atoms with E-state index in [-0.39, 0.29) is 18.0 Å². The minimum Gasteiger partial charge on any atom is -0.368 e. The highest BCUT2D eigenvalue weighted by molar-refractivity contribution is 6.30. The zero-order chi connectivity index (χ0) is 20.2. The number of piperazine rings is 1. The predicted octanol–water partition coefficient (Wildman–Crippen LogP) is 2.31. The highest BCUT2D eigenvalue weighted by atomic mass is 35.5. The van der Waals surface area contributed by atoms with Crippen molar-refractivity contribution in [3.63, 3.8) is 0 Å². The molecule has 0 spiro atoms. The second-order valence-electron chi connectivity index (χ2n) is 6.80. The molecule has 29 heavy (non-hydrogen) atoms. The third-order valence-electron chi connectivity index (χ3n) is 4.93. The molecule has 148 valence electrons. The van der Waals surface area contributed by atoms with Gasteiger partial charge in [0.1, 0.15) is 6.54 Å². The number of anilines is 1. The van der Waals surface area contributed by atoms with Crippen LogP contribution in [0.25, 0.3) is 11.3 Å². The number of benzene rings is 1. The maximum atomic E-state index is 12.7. The van der Waals surface area contributed by atoms with Gasteiger partial charge in [-0.25, -0.2) is 4.68 Å². The Kier molecular flexibility index (Phi) is 5.57. The lowest BCUT2D eigenvalue weighted by atomic mass is 10.2. The zero-order valence-corrected chi connectivity index (χ0v) is 16.5. The normalized spacial score (nSPS) is 14.1. The topological polar surface area (TPSA) is 71.3 Å². The standard InChI is InChI=1S/C21H20ClN5O2/c22-17-3-5-18(6-4-17)25-10-12-26(13-11-25)21(29)15-27-20(28)8-7-19(24-27)16-2-1-9-23-14-16/h1-9,14H,10-13,15H2. The summed E-state index contributed by atoms with van der Waals surface area (Å²) in [6, 6.07) is 14.4. The number of carbonyl (C=O) groups excluding carboxylic acids is 1. The second-order valence-corrected chi connectivity index (χ2v) is 7.24. The predicted molar refractivity (Wildman–Crippen MR) is 112 cm³/mol. The van der Waals surface area contributed by atoms with E-state index in [0.29, 0.717) is 23.8 Å². The van der Waals surface area contributed by atoms with Crippen molar-refractivity contribution in [2.45, 2.75) is 6.54 Å². The highest BCUT2D eigenvalue weighted by Crippen LogP contribution is 2.19.